The van der Waals surface area contributed by atoms with E-state index in [1.807, 2.05) is 12.1 Å². The molecule has 1 fully saturated rings. The molecule has 1 aliphatic carbocycles. The van der Waals surface area contributed by atoms with E-state index in [4.69, 9.17) is 9.47 Å². The van der Waals surface area contributed by atoms with Crippen LogP contribution in [-0.2, 0) is 9.84 Å². The molecule has 150 valence electrons. The summed E-state index contributed by atoms with van der Waals surface area (Å²) >= 11 is 0. The summed E-state index contributed by atoms with van der Waals surface area (Å²) in [6.07, 6.45) is 1.19. The highest BCUT2D eigenvalue weighted by molar-refractivity contribution is 7.90. The summed E-state index contributed by atoms with van der Waals surface area (Å²) in [6.45, 7) is 4.16. The van der Waals surface area contributed by atoms with Crippen LogP contribution in [0.1, 0.15) is 35.7 Å². The second-order valence-corrected chi connectivity index (χ2v) is 9.67. The number of amides is 1. The topological polar surface area (TPSA) is 81.7 Å². The van der Waals surface area contributed by atoms with E-state index in [1.54, 1.807) is 37.4 Å². The number of hydrogen-bond acceptors (Lipinski definition) is 5. The molecular weight excluding hydrogens is 378 g/mol. The van der Waals surface area contributed by atoms with Gasteiger partial charge in [-0.3, -0.25) is 4.79 Å². The molecule has 1 N–H and O–H groups in total. The summed E-state index contributed by atoms with van der Waals surface area (Å²) < 4.78 is 33.8. The summed E-state index contributed by atoms with van der Waals surface area (Å²) in [5.74, 6) is 0.954. The highest BCUT2D eigenvalue weighted by atomic mass is 32.2. The summed E-state index contributed by atoms with van der Waals surface area (Å²) in [6, 6.07) is 11.9. The first kappa shape index (κ1) is 20.2. The zero-order chi connectivity index (χ0) is 20.7. The minimum absolute atomic E-state index is 0.0594. The summed E-state index contributed by atoms with van der Waals surface area (Å²) in [4.78, 5) is 13.1. The number of nitrogens with one attached hydrogen (secondary N) is 1. The number of sulfone groups is 1. The maximum atomic E-state index is 12.8. The lowest BCUT2D eigenvalue weighted by Gasteiger charge is -2.11. The van der Waals surface area contributed by atoms with Crippen molar-refractivity contribution in [1.29, 1.82) is 0 Å². The summed E-state index contributed by atoms with van der Waals surface area (Å²) in [7, 11) is -0.160. The van der Waals surface area contributed by atoms with E-state index >= 15 is 0 Å². The second-order valence-electron chi connectivity index (χ2n) is 7.66. The number of benzene rings is 2. The van der Waals surface area contributed by atoms with Crippen LogP contribution in [0, 0.1) is 5.41 Å². The Morgan fingerprint density at radius 1 is 1.04 bits per heavy atom. The van der Waals surface area contributed by atoms with Gasteiger partial charge in [-0.15, -0.1) is 0 Å². The van der Waals surface area contributed by atoms with Gasteiger partial charge in [0.2, 0.25) is 0 Å². The highest BCUT2D eigenvalue weighted by Crippen LogP contribution is 2.58. The van der Waals surface area contributed by atoms with Crippen LogP contribution < -0.4 is 14.8 Å². The number of ether oxygens (including phenoxy) is 2. The lowest BCUT2D eigenvalue weighted by atomic mass is 10.0. The SMILES string of the molecule is COc1ccc(C(=O)N[C@H]2[C@H](c3ccc(S(C)(=O)=O)cc3)C2(C)C)c(OC)c1. The minimum Gasteiger partial charge on any atom is -0.497 e. The third kappa shape index (κ3) is 3.71. The van der Waals surface area contributed by atoms with Crippen LogP contribution in [0.3, 0.4) is 0 Å². The van der Waals surface area contributed by atoms with Crippen LogP contribution in [0.4, 0.5) is 0 Å². The van der Waals surface area contributed by atoms with Gasteiger partial charge in [0.1, 0.15) is 11.5 Å². The van der Waals surface area contributed by atoms with Gasteiger partial charge >= 0.3 is 0 Å². The van der Waals surface area contributed by atoms with E-state index in [1.165, 1.54) is 13.4 Å². The van der Waals surface area contributed by atoms with Gasteiger partial charge in [-0.25, -0.2) is 8.42 Å². The molecule has 2 aromatic rings. The van der Waals surface area contributed by atoms with Crippen molar-refractivity contribution in [3.05, 3.63) is 53.6 Å². The third-order valence-electron chi connectivity index (χ3n) is 5.43. The molecule has 3 rings (SSSR count). The molecule has 1 saturated carbocycles. The molecule has 0 heterocycles. The molecule has 0 spiro atoms. The van der Waals surface area contributed by atoms with Gasteiger partial charge in [-0.05, 0) is 35.2 Å². The predicted octanol–water partition coefficient (Wildman–Crippen LogP) is 3.03. The minimum atomic E-state index is -3.23. The fourth-order valence-electron chi connectivity index (χ4n) is 3.66. The zero-order valence-electron chi connectivity index (χ0n) is 16.6. The van der Waals surface area contributed by atoms with Gasteiger partial charge in [0.05, 0.1) is 24.7 Å². The van der Waals surface area contributed by atoms with Crippen LogP contribution in [0.25, 0.3) is 0 Å². The Labute approximate surface area is 165 Å². The first-order valence-electron chi connectivity index (χ1n) is 8.92. The van der Waals surface area contributed by atoms with E-state index in [2.05, 4.69) is 19.2 Å². The number of rotatable bonds is 6. The fraction of sp³-hybridized carbons (Fsp3) is 0.381. The number of carbonyl (C=O) groups is 1. The molecule has 0 aromatic heterocycles. The van der Waals surface area contributed by atoms with Crippen molar-refractivity contribution in [3.63, 3.8) is 0 Å². The first-order chi connectivity index (χ1) is 13.1. The maximum Gasteiger partial charge on any atom is 0.255 e. The van der Waals surface area contributed by atoms with E-state index in [0.29, 0.717) is 22.0 Å². The largest absolute Gasteiger partial charge is 0.497 e. The van der Waals surface area contributed by atoms with Gasteiger partial charge < -0.3 is 14.8 Å². The molecule has 1 aliphatic rings. The molecule has 28 heavy (non-hydrogen) atoms. The Bertz CT molecular complexity index is 996. The lowest BCUT2D eigenvalue weighted by Crippen LogP contribution is -2.29. The van der Waals surface area contributed by atoms with Gasteiger partial charge in [0.25, 0.3) is 5.91 Å². The zero-order valence-corrected chi connectivity index (χ0v) is 17.5. The predicted molar refractivity (Wildman–Crippen MR) is 107 cm³/mol. The monoisotopic (exact) mass is 403 g/mol. The van der Waals surface area contributed by atoms with Crippen molar-refractivity contribution >= 4 is 15.7 Å². The average molecular weight is 404 g/mol. The van der Waals surface area contributed by atoms with Gasteiger partial charge in [0.15, 0.2) is 9.84 Å². The van der Waals surface area contributed by atoms with E-state index in [9.17, 15) is 13.2 Å². The molecule has 0 bridgehead atoms. The molecule has 0 unspecified atom stereocenters. The number of hydrogen-bond donors (Lipinski definition) is 1. The molecule has 0 saturated heterocycles. The van der Waals surface area contributed by atoms with Crippen LogP contribution in [-0.4, -0.2) is 40.8 Å². The van der Waals surface area contributed by atoms with Crippen LogP contribution in [0.2, 0.25) is 0 Å². The Kier molecular flexibility index (Phi) is 5.14. The summed E-state index contributed by atoms with van der Waals surface area (Å²) in [5, 5.41) is 3.09. The second kappa shape index (κ2) is 7.13. The first-order valence-corrected chi connectivity index (χ1v) is 10.8. The Balaban J connectivity index is 1.79. The normalized spacial score (nSPS) is 20.3. The Hall–Kier alpha value is -2.54. The van der Waals surface area contributed by atoms with Crippen molar-refractivity contribution < 1.29 is 22.7 Å². The third-order valence-corrected chi connectivity index (χ3v) is 6.56. The quantitative estimate of drug-likeness (QED) is 0.802. The Morgan fingerprint density at radius 2 is 1.68 bits per heavy atom. The maximum absolute atomic E-state index is 12.8. The van der Waals surface area contributed by atoms with E-state index in [0.717, 1.165) is 5.56 Å². The van der Waals surface area contributed by atoms with Crippen molar-refractivity contribution in [2.75, 3.05) is 20.5 Å². The van der Waals surface area contributed by atoms with E-state index < -0.39 is 9.84 Å². The van der Waals surface area contributed by atoms with Gasteiger partial charge in [-0.2, -0.15) is 0 Å². The number of carbonyl (C=O) groups excluding carboxylic acids is 1. The Morgan fingerprint density at radius 3 is 2.21 bits per heavy atom. The molecule has 2 atom stereocenters. The molecule has 2 aromatic carbocycles. The van der Waals surface area contributed by atoms with Crippen molar-refractivity contribution in [1.82, 2.24) is 5.32 Å². The molecule has 0 radical (unpaired) electrons. The molecule has 0 aliphatic heterocycles. The van der Waals surface area contributed by atoms with Crippen LogP contribution >= 0.6 is 0 Å². The van der Waals surface area contributed by atoms with Crippen molar-refractivity contribution in [2.24, 2.45) is 5.41 Å². The lowest BCUT2D eigenvalue weighted by molar-refractivity contribution is 0.0943. The summed E-state index contributed by atoms with van der Waals surface area (Å²) in [5.41, 5.74) is 1.31. The molecule has 7 heteroatoms. The number of methoxy groups -OCH3 is 2. The van der Waals surface area contributed by atoms with Crippen LogP contribution in [0.15, 0.2) is 47.4 Å². The standard InChI is InChI=1S/C21H25NO5S/c1-21(2)18(13-6-9-15(10-7-13)28(5,24)25)19(21)22-20(23)16-11-8-14(26-3)12-17(16)27-4/h6-12,18-19H,1-5H3,(H,22,23)/t18-,19-/m0/s1. The molecule has 1 amide bonds. The van der Waals surface area contributed by atoms with E-state index in [-0.39, 0.29) is 23.3 Å². The van der Waals surface area contributed by atoms with Crippen molar-refractivity contribution in [2.45, 2.75) is 30.7 Å². The van der Waals surface area contributed by atoms with Crippen LogP contribution in [0.5, 0.6) is 11.5 Å². The van der Waals surface area contributed by atoms with Gasteiger partial charge in [-0.1, -0.05) is 26.0 Å². The average Bonchev–Trinajstić information content (AvgIpc) is 3.20. The van der Waals surface area contributed by atoms with Gasteiger partial charge in [0, 0.05) is 24.3 Å². The molecule has 6 nitrogen and oxygen atoms in total. The van der Waals surface area contributed by atoms with Crippen molar-refractivity contribution in [3.8, 4) is 11.5 Å². The fourth-order valence-corrected chi connectivity index (χ4v) is 4.29. The highest BCUT2D eigenvalue weighted by Gasteiger charge is 2.59. The molecular formula is C21H25NO5S. The smallest absolute Gasteiger partial charge is 0.255 e.